The van der Waals surface area contributed by atoms with Gasteiger partial charge in [0.1, 0.15) is 16.9 Å². The van der Waals surface area contributed by atoms with Crippen LogP contribution in [0.2, 0.25) is 0 Å². The maximum Gasteiger partial charge on any atom is 0.297 e. The Balaban J connectivity index is 1.43. The third kappa shape index (κ3) is 5.72. The minimum atomic E-state index is -3.64. The fourth-order valence-electron chi connectivity index (χ4n) is 8.08. The van der Waals surface area contributed by atoms with Gasteiger partial charge in [-0.1, -0.05) is 113 Å². The number of furan rings is 2. The van der Waals surface area contributed by atoms with Crippen molar-refractivity contribution in [3.05, 3.63) is 125 Å². The molecule has 0 N–H and O–H groups in total. The molecule has 0 spiro atoms. The van der Waals surface area contributed by atoms with Gasteiger partial charge in [-0.05, 0) is 117 Å². The van der Waals surface area contributed by atoms with E-state index in [1.54, 1.807) is 87.2 Å². The summed E-state index contributed by atoms with van der Waals surface area (Å²) in [6, 6.07) is 23.6. The molecule has 0 atom stereocenters. The summed E-state index contributed by atoms with van der Waals surface area (Å²) < 4.78 is 218. The Bertz CT molecular complexity index is 3530. The average molecular weight is 763 g/mol. The second-order valence-electron chi connectivity index (χ2n) is 16.3. The van der Waals surface area contributed by atoms with Gasteiger partial charge in [0.15, 0.2) is 0 Å². The lowest BCUT2D eigenvalue weighted by atomic mass is 9.35. The van der Waals surface area contributed by atoms with E-state index in [1.807, 2.05) is 0 Å². The molecule has 0 unspecified atom stereocenters. The summed E-state index contributed by atoms with van der Waals surface area (Å²) in [7, 11) is 0. The number of nitrogens with zero attached hydrogens (tertiary/aromatic N) is 2. The summed E-state index contributed by atoms with van der Waals surface area (Å²) in [5, 5.41) is 1.00. The first-order valence-corrected chi connectivity index (χ1v) is 18.3. The predicted molar refractivity (Wildman–Crippen MR) is 240 cm³/mol. The zero-order valence-electron chi connectivity index (χ0n) is 55.5. The highest BCUT2D eigenvalue weighted by molar-refractivity contribution is 6.99. The summed E-state index contributed by atoms with van der Waals surface area (Å²) in [5.74, 6) is -0.536. The number of anilines is 6. The molecule has 4 nitrogen and oxygen atoms in total. The molecule has 5 aromatic carbocycles. The van der Waals surface area contributed by atoms with E-state index in [-0.39, 0.29) is 39.6 Å². The van der Waals surface area contributed by atoms with Crippen LogP contribution in [0.25, 0.3) is 21.9 Å². The van der Waals surface area contributed by atoms with Gasteiger partial charge in [-0.2, -0.15) is 0 Å². The van der Waals surface area contributed by atoms with Gasteiger partial charge in [0, 0.05) is 83.6 Å². The van der Waals surface area contributed by atoms with Crippen molar-refractivity contribution in [1.29, 1.82) is 0 Å². The average Bonchev–Trinajstić information content (AvgIpc) is 3.89. The zero-order valence-corrected chi connectivity index (χ0v) is 31.5. The molecule has 0 aliphatic carbocycles. The summed E-state index contributed by atoms with van der Waals surface area (Å²) in [6.07, 6.45) is 0. The van der Waals surface area contributed by atoms with Crippen LogP contribution in [0.1, 0.15) is 143 Å². The molecule has 0 saturated carbocycles. The number of rotatable bonds is 2. The van der Waals surface area contributed by atoms with E-state index in [9.17, 15) is 0 Å². The Morgan fingerprint density at radius 2 is 1.05 bits per heavy atom. The fraction of sp³-hybridized carbons (Fsp3) is 0.333. The Morgan fingerprint density at radius 1 is 0.500 bits per heavy atom. The van der Waals surface area contributed by atoms with Crippen LogP contribution in [-0.2, 0) is 21.7 Å². The van der Waals surface area contributed by atoms with Gasteiger partial charge < -0.3 is 18.6 Å². The second-order valence-corrected chi connectivity index (χ2v) is 16.3. The Labute approximate surface area is 367 Å². The minimum absolute atomic E-state index is 0.0165. The van der Waals surface area contributed by atoms with E-state index < -0.39 is 94.5 Å². The fourth-order valence-corrected chi connectivity index (χ4v) is 8.08. The molecular weight excluding hydrogens is 683 g/mol. The SMILES string of the molecule is [2H]C([2H])([2H])c1cc2c3c(c1)N(c1ccc(C(C([2H])([2H])[2H])(C([2H])([2H])[2H])C([2H])([2H])[2H])cc1)c1cc(C(C)(C([2H])([2H])[2H])C([2H])([2H])[2H])oc1B3c1cc3oc4ccc(C(C)(C)C([2H])([2H])[2H])cc4c3cc1N2c1ccc(C(C)(C)C([2H])([2H])[2H])cc1. The highest BCUT2D eigenvalue weighted by Crippen LogP contribution is 2.47. The van der Waals surface area contributed by atoms with Crippen molar-refractivity contribution in [2.24, 2.45) is 0 Å². The van der Waals surface area contributed by atoms with E-state index in [1.165, 1.54) is 35.2 Å². The molecule has 284 valence electrons. The van der Waals surface area contributed by atoms with E-state index in [0.29, 0.717) is 49.8 Å². The highest BCUT2D eigenvalue weighted by atomic mass is 16.3. The summed E-state index contributed by atoms with van der Waals surface area (Å²) in [6.45, 7) is -19.0. The monoisotopic (exact) mass is 763 g/mol. The summed E-state index contributed by atoms with van der Waals surface area (Å²) in [5.41, 5.74) is -6.53. The molecule has 0 fully saturated rings. The van der Waals surface area contributed by atoms with Crippen molar-refractivity contribution in [3.8, 4) is 0 Å². The van der Waals surface area contributed by atoms with E-state index in [0.717, 1.165) is 19.1 Å². The summed E-state index contributed by atoms with van der Waals surface area (Å²) >= 11 is 0. The Hall–Kier alpha value is -5.16. The van der Waals surface area contributed by atoms with Gasteiger partial charge in [0.25, 0.3) is 6.71 Å². The van der Waals surface area contributed by atoms with Crippen molar-refractivity contribution in [2.45, 2.75) is 111 Å². The van der Waals surface area contributed by atoms with Crippen LogP contribution in [0.5, 0.6) is 0 Å². The van der Waals surface area contributed by atoms with E-state index >= 15 is 0 Å². The van der Waals surface area contributed by atoms with E-state index in [4.69, 9.17) is 41.7 Å². The van der Waals surface area contributed by atoms with Gasteiger partial charge in [-0.3, -0.25) is 0 Å². The molecule has 0 amide bonds. The number of hydrogen-bond acceptors (Lipinski definition) is 4. The quantitative estimate of drug-likeness (QED) is 0.164. The van der Waals surface area contributed by atoms with Crippen LogP contribution in [0.4, 0.5) is 34.1 Å². The van der Waals surface area contributed by atoms with Gasteiger partial charge in [-0.25, -0.2) is 0 Å². The number of fused-ring (bicyclic) bond motifs is 7. The van der Waals surface area contributed by atoms with Crippen molar-refractivity contribution in [3.63, 3.8) is 0 Å². The van der Waals surface area contributed by atoms with Crippen LogP contribution in [-0.4, -0.2) is 6.71 Å². The van der Waals surface area contributed by atoms with Crippen LogP contribution >= 0.6 is 0 Å². The van der Waals surface area contributed by atoms with Crippen LogP contribution in [0.15, 0.2) is 106 Å². The maximum atomic E-state index is 8.89. The molecule has 2 aliphatic heterocycles. The van der Waals surface area contributed by atoms with Crippen LogP contribution in [0.3, 0.4) is 0 Å². The topological polar surface area (TPSA) is 32.8 Å². The minimum Gasteiger partial charge on any atom is -0.473 e. The molecule has 9 rings (SSSR count). The number of aryl methyl sites for hydroxylation is 1. The smallest absolute Gasteiger partial charge is 0.297 e. The lowest BCUT2D eigenvalue weighted by Gasteiger charge is -2.42. The van der Waals surface area contributed by atoms with Crippen molar-refractivity contribution >= 4 is 79.4 Å². The molecule has 2 aliphatic rings. The largest absolute Gasteiger partial charge is 0.473 e. The highest BCUT2D eigenvalue weighted by Gasteiger charge is 2.47. The first-order chi connectivity index (χ1) is 36.1. The van der Waals surface area contributed by atoms with Gasteiger partial charge in [0.05, 0.1) is 11.3 Å². The van der Waals surface area contributed by atoms with Crippen molar-refractivity contribution in [1.82, 2.24) is 0 Å². The number of hydrogen-bond donors (Lipinski definition) is 0. The predicted octanol–water partition coefficient (Wildman–Crippen LogP) is 12.8. The first-order valence-electron chi connectivity index (χ1n) is 30.3. The third-order valence-corrected chi connectivity index (χ3v) is 10.9. The molecule has 7 aromatic rings. The number of benzene rings is 5. The molecule has 0 saturated heterocycles. The Kier molecular flexibility index (Phi) is 3.92. The van der Waals surface area contributed by atoms with Gasteiger partial charge >= 0.3 is 0 Å². The molecule has 4 heterocycles. The lowest BCUT2D eigenvalue weighted by Crippen LogP contribution is -2.61. The molecule has 2 aromatic heterocycles. The first kappa shape index (κ1) is 18.4. The Morgan fingerprint density at radius 3 is 1.66 bits per heavy atom. The van der Waals surface area contributed by atoms with E-state index in [2.05, 4.69) is 0 Å². The molecule has 0 bridgehead atoms. The van der Waals surface area contributed by atoms with Crippen molar-refractivity contribution < 1.29 is 41.7 Å². The second kappa shape index (κ2) is 11.9. The maximum absolute atomic E-state index is 8.89. The van der Waals surface area contributed by atoms with Crippen LogP contribution < -0.4 is 26.4 Å². The molecule has 5 heteroatoms. The molecule has 56 heavy (non-hydrogen) atoms. The zero-order chi connectivity index (χ0) is 59.9. The lowest BCUT2D eigenvalue weighted by molar-refractivity contribution is 0.424. The van der Waals surface area contributed by atoms with Gasteiger partial charge in [-0.15, -0.1) is 0 Å². The molecule has 0 radical (unpaired) electrons. The standard InChI is InChI=1S/C51H55BN2O2/c1-30-24-40-46-41(25-30)54(35-21-16-32(17-22-35)49(5,6)7)42-29-45(51(11,12)13)56-47(42)52(46)38-28-44-37(36-26-33(50(8,9)10)18-23-43(36)55-44)27-39(38)53(40)34-19-14-31(15-20-34)48(2,3)4/h14-29H,1-13H3/i1D3,2D3,5D3,6D3,7D3,8D3,11D3,12D3. The molecular formula is C51H55BN2O2. The normalized spacial score (nSPS) is 22.6. The third-order valence-electron chi connectivity index (χ3n) is 10.9. The van der Waals surface area contributed by atoms with Gasteiger partial charge in [0.2, 0.25) is 0 Å². The van der Waals surface area contributed by atoms with Crippen molar-refractivity contribution in [2.75, 3.05) is 9.80 Å². The summed E-state index contributed by atoms with van der Waals surface area (Å²) in [4.78, 5) is 3.17. The van der Waals surface area contributed by atoms with Crippen LogP contribution in [0, 0.1) is 6.85 Å².